The summed E-state index contributed by atoms with van der Waals surface area (Å²) in [4.78, 5) is 76.2. The SMILES string of the molecule is CC(C)(C)[C@H](c1cc(-c2cc(F)ccc2F)cn1Cc1ccccc1)N(CC[C@H](N)C(=O)O)C(=O)CCCC(=O)NCCNC(=O)CN1C(=O)C=CC1=O. The highest BCUT2D eigenvalue weighted by atomic mass is 19.1. The maximum absolute atomic E-state index is 15.1. The van der Waals surface area contributed by atoms with Crippen molar-refractivity contribution < 1.29 is 42.7 Å². The van der Waals surface area contributed by atoms with Crippen LogP contribution >= 0.6 is 0 Å². The molecule has 288 valence electrons. The quantitative estimate of drug-likeness (QED) is 0.113. The number of benzene rings is 2. The maximum atomic E-state index is 15.1. The van der Waals surface area contributed by atoms with Crippen LogP contribution in [0.3, 0.4) is 0 Å². The number of carboxylic acids is 1. The summed E-state index contributed by atoms with van der Waals surface area (Å²) in [5.41, 5.74) is 7.19. The molecule has 5 N–H and O–H groups in total. The fourth-order valence-corrected chi connectivity index (χ4v) is 6.23. The van der Waals surface area contributed by atoms with E-state index in [-0.39, 0.29) is 62.7 Å². The molecule has 0 unspecified atom stereocenters. The van der Waals surface area contributed by atoms with Crippen LogP contribution < -0.4 is 16.4 Å². The van der Waals surface area contributed by atoms with Crippen LogP contribution in [0.25, 0.3) is 11.1 Å². The largest absolute Gasteiger partial charge is 0.480 e. The summed E-state index contributed by atoms with van der Waals surface area (Å²) >= 11 is 0. The summed E-state index contributed by atoms with van der Waals surface area (Å²) < 4.78 is 31.3. The standard InChI is InChI=1S/C39H46F2N6O7/c1-39(2,3)37(31-20-26(28-21-27(40)12-13-29(28)41)23-45(31)22-25-8-5-4-6-9-25)46(19-16-30(42)38(53)54)34(50)11-7-10-32(48)43-17-18-44-33(49)24-47-35(51)14-15-36(47)52/h4-6,8-9,12-15,20-21,23,30,37H,7,10-11,16-19,22,24,42H2,1-3H3,(H,43,48)(H,44,49)(H,53,54)/t30-,37-/m0/s1. The molecule has 0 aliphatic carbocycles. The smallest absolute Gasteiger partial charge is 0.320 e. The minimum atomic E-state index is -1.26. The molecule has 2 atom stereocenters. The molecule has 5 amide bonds. The lowest BCUT2D eigenvalue weighted by atomic mass is 9.82. The molecule has 3 aromatic rings. The average Bonchev–Trinajstić information content (AvgIpc) is 3.66. The second-order valence-corrected chi connectivity index (χ2v) is 14.1. The van der Waals surface area contributed by atoms with Crippen LogP contribution in [0.5, 0.6) is 0 Å². The Morgan fingerprint density at radius 2 is 1.56 bits per heavy atom. The van der Waals surface area contributed by atoms with Crippen LogP contribution in [-0.2, 0) is 35.3 Å². The Kier molecular flexibility index (Phi) is 14.0. The first kappa shape index (κ1) is 41.1. The second kappa shape index (κ2) is 18.4. The van der Waals surface area contributed by atoms with Crippen molar-refractivity contribution in [2.75, 3.05) is 26.2 Å². The van der Waals surface area contributed by atoms with Gasteiger partial charge in [0.05, 0.1) is 6.04 Å². The van der Waals surface area contributed by atoms with Gasteiger partial charge in [-0.2, -0.15) is 0 Å². The van der Waals surface area contributed by atoms with Crippen molar-refractivity contribution in [3.8, 4) is 11.1 Å². The predicted molar refractivity (Wildman–Crippen MR) is 195 cm³/mol. The number of halogens is 2. The number of amides is 5. The van der Waals surface area contributed by atoms with Crippen LogP contribution in [0.4, 0.5) is 8.78 Å². The number of hydrogen-bond acceptors (Lipinski definition) is 7. The van der Waals surface area contributed by atoms with E-state index >= 15 is 4.39 Å². The van der Waals surface area contributed by atoms with Gasteiger partial charge in [-0.25, -0.2) is 8.78 Å². The highest BCUT2D eigenvalue weighted by molar-refractivity contribution is 6.14. The van der Waals surface area contributed by atoms with E-state index in [4.69, 9.17) is 5.73 Å². The normalized spacial score (nSPS) is 13.9. The number of carbonyl (C=O) groups excluding carboxylic acids is 5. The van der Waals surface area contributed by atoms with Gasteiger partial charge in [0.25, 0.3) is 11.8 Å². The monoisotopic (exact) mass is 748 g/mol. The minimum absolute atomic E-state index is 0.0296. The van der Waals surface area contributed by atoms with Crippen molar-refractivity contribution in [1.29, 1.82) is 0 Å². The van der Waals surface area contributed by atoms with Gasteiger partial charge in [-0.1, -0.05) is 51.1 Å². The van der Waals surface area contributed by atoms with E-state index < -0.39 is 59.4 Å². The first-order valence-electron chi connectivity index (χ1n) is 17.6. The van der Waals surface area contributed by atoms with Crippen LogP contribution in [-0.4, -0.2) is 87.2 Å². The van der Waals surface area contributed by atoms with E-state index in [1.165, 1.54) is 0 Å². The molecular weight excluding hydrogens is 702 g/mol. The van der Waals surface area contributed by atoms with Crippen molar-refractivity contribution in [3.63, 3.8) is 0 Å². The number of nitrogens with zero attached hydrogens (tertiary/aromatic N) is 3. The number of aliphatic carboxylic acids is 1. The number of hydrogen-bond donors (Lipinski definition) is 4. The third-order valence-corrected chi connectivity index (χ3v) is 8.86. The lowest BCUT2D eigenvalue weighted by Crippen LogP contribution is -2.45. The summed E-state index contributed by atoms with van der Waals surface area (Å²) in [5.74, 6) is -4.94. The minimum Gasteiger partial charge on any atom is -0.480 e. The molecule has 0 radical (unpaired) electrons. The van der Waals surface area contributed by atoms with E-state index in [0.717, 1.165) is 40.8 Å². The Morgan fingerprint density at radius 3 is 2.19 bits per heavy atom. The van der Waals surface area contributed by atoms with E-state index in [9.17, 15) is 38.3 Å². The van der Waals surface area contributed by atoms with E-state index in [1.54, 1.807) is 17.2 Å². The Labute approximate surface area is 312 Å². The predicted octanol–water partition coefficient (Wildman–Crippen LogP) is 3.53. The van der Waals surface area contributed by atoms with E-state index in [2.05, 4.69) is 10.6 Å². The van der Waals surface area contributed by atoms with E-state index in [1.807, 2.05) is 55.7 Å². The molecule has 13 nitrogen and oxygen atoms in total. The van der Waals surface area contributed by atoms with Gasteiger partial charge in [0.2, 0.25) is 17.7 Å². The molecule has 4 rings (SSSR count). The number of carboxylic acid groups (broad SMARTS) is 1. The van der Waals surface area contributed by atoms with Gasteiger partial charge in [-0.05, 0) is 48.1 Å². The molecule has 2 heterocycles. The van der Waals surface area contributed by atoms with Crippen molar-refractivity contribution in [3.05, 3.63) is 95.8 Å². The first-order chi connectivity index (χ1) is 25.5. The number of nitrogens with one attached hydrogen (secondary N) is 2. The highest BCUT2D eigenvalue weighted by Gasteiger charge is 2.37. The van der Waals surface area contributed by atoms with E-state index in [0.29, 0.717) is 17.8 Å². The molecule has 0 saturated carbocycles. The van der Waals surface area contributed by atoms with Gasteiger partial charge in [-0.15, -0.1) is 0 Å². The summed E-state index contributed by atoms with van der Waals surface area (Å²) in [6, 6.07) is 12.4. The molecule has 1 aliphatic heterocycles. The van der Waals surface area contributed by atoms with Gasteiger partial charge in [0, 0.05) is 74.2 Å². The third-order valence-electron chi connectivity index (χ3n) is 8.86. The molecule has 1 aliphatic rings. The van der Waals surface area contributed by atoms with Crippen molar-refractivity contribution in [2.45, 2.75) is 65.1 Å². The zero-order chi connectivity index (χ0) is 39.6. The van der Waals surface area contributed by atoms with Crippen molar-refractivity contribution in [2.24, 2.45) is 11.1 Å². The Bertz CT molecular complexity index is 1870. The van der Waals surface area contributed by atoms with Crippen LogP contribution in [0, 0.1) is 17.0 Å². The molecule has 0 bridgehead atoms. The zero-order valence-corrected chi connectivity index (χ0v) is 30.5. The molecule has 1 aromatic heterocycles. The number of nitrogens with two attached hydrogens (primary N) is 1. The Morgan fingerprint density at radius 1 is 0.907 bits per heavy atom. The van der Waals surface area contributed by atoms with Crippen LogP contribution in [0.15, 0.2) is 72.9 Å². The lowest BCUT2D eigenvalue weighted by molar-refractivity contribution is -0.141. The van der Waals surface area contributed by atoms with Gasteiger partial charge in [0.1, 0.15) is 24.2 Å². The Balaban J connectivity index is 1.51. The van der Waals surface area contributed by atoms with Crippen molar-refractivity contribution >= 4 is 35.5 Å². The second-order valence-electron chi connectivity index (χ2n) is 14.1. The number of carbonyl (C=O) groups is 6. The first-order valence-corrected chi connectivity index (χ1v) is 17.6. The lowest BCUT2D eigenvalue weighted by Gasteiger charge is -2.41. The number of imide groups is 1. The van der Waals surface area contributed by atoms with Gasteiger partial charge in [-0.3, -0.25) is 33.7 Å². The Hall–Kier alpha value is -5.70. The molecular formula is C39H46F2N6O7. The molecule has 0 spiro atoms. The topological polar surface area (TPSA) is 184 Å². The maximum Gasteiger partial charge on any atom is 0.320 e. The fraction of sp³-hybridized carbons (Fsp3) is 0.385. The third kappa shape index (κ3) is 11.2. The molecule has 0 fully saturated rings. The zero-order valence-electron chi connectivity index (χ0n) is 30.5. The van der Waals surface area contributed by atoms with Gasteiger partial charge < -0.3 is 30.9 Å². The number of rotatable bonds is 18. The van der Waals surface area contributed by atoms with Gasteiger partial charge in [0.15, 0.2) is 0 Å². The fourth-order valence-electron chi connectivity index (χ4n) is 6.23. The van der Waals surface area contributed by atoms with Crippen LogP contribution in [0.2, 0.25) is 0 Å². The van der Waals surface area contributed by atoms with Crippen LogP contribution in [0.1, 0.15) is 63.8 Å². The number of aromatic nitrogens is 1. The van der Waals surface area contributed by atoms with Crippen molar-refractivity contribution in [1.82, 2.24) is 25.0 Å². The molecule has 54 heavy (non-hydrogen) atoms. The highest BCUT2D eigenvalue weighted by Crippen LogP contribution is 2.41. The summed E-state index contributed by atoms with van der Waals surface area (Å²) in [5, 5.41) is 14.7. The summed E-state index contributed by atoms with van der Waals surface area (Å²) in [6.45, 7) is 5.72. The average molecular weight is 749 g/mol. The molecule has 2 aromatic carbocycles. The van der Waals surface area contributed by atoms with Gasteiger partial charge >= 0.3 is 5.97 Å². The molecule has 15 heteroatoms. The summed E-state index contributed by atoms with van der Waals surface area (Å²) in [7, 11) is 0. The molecule has 0 saturated heterocycles. The summed E-state index contributed by atoms with van der Waals surface area (Å²) in [6.07, 6.45) is 3.83.